The van der Waals surface area contributed by atoms with Crippen LogP contribution < -0.4 is 44.6 Å². The van der Waals surface area contributed by atoms with Crippen molar-refractivity contribution >= 4 is 35.5 Å². The Hall–Kier alpha value is -3.58. The van der Waals surface area contributed by atoms with Gasteiger partial charge in [0.1, 0.15) is 12.1 Å². The van der Waals surface area contributed by atoms with Gasteiger partial charge in [0.2, 0.25) is 23.6 Å². The minimum atomic E-state index is -0.991. The summed E-state index contributed by atoms with van der Waals surface area (Å²) in [5.41, 5.74) is 26.8. The number of nitrogens with one attached hydrogen (secondary N) is 3. The van der Waals surface area contributed by atoms with Crippen LogP contribution in [0.2, 0.25) is 0 Å². The summed E-state index contributed by atoms with van der Waals surface area (Å²) in [6.45, 7) is 2.48. The SMILES string of the molecule is CCCCCCCCCCCCCCCC(=O)NCC(=O)N[C@@H](CCCN=C(N)N)C(=O)N[C@@H](CCCN=C(N)N)C(N)=O. The fourth-order valence-electron chi connectivity index (χ4n) is 4.65. The maximum absolute atomic E-state index is 13.0. The molecule has 44 heavy (non-hydrogen) atoms. The minimum absolute atomic E-state index is 0.0790. The number of nitrogens with zero attached hydrogens (tertiary/aromatic N) is 2. The van der Waals surface area contributed by atoms with E-state index in [0.717, 1.165) is 19.3 Å². The lowest BCUT2D eigenvalue weighted by atomic mass is 10.0. The lowest BCUT2D eigenvalue weighted by Crippen LogP contribution is -2.54. The summed E-state index contributed by atoms with van der Waals surface area (Å²) in [7, 11) is 0. The van der Waals surface area contributed by atoms with Gasteiger partial charge < -0.3 is 44.6 Å². The Balaban J connectivity index is 4.48. The van der Waals surface area contributed by atoms with Gasteiger partial charge >= 0.3 is 0 Å². The van der Waals surface area contributed by atoms with Crippen molar-refractivity contribution in [3.05, 3.63) is 0 Å². The summed E-state index contributed by atoms with van der Waals surface area (Å²) < 4.78 is 0. The van der Waals surface area contributed by atoms with E-state index in [2.05, 4.69) is 32.9 Å². The second-order valence-corrected chi connectivity index (χ2v) is 11.3. The van der Waals surface area contributed by atoms with Gasteiger partial charge in [-0.3, -0.25) is 29.2 Å². The van der Waals surface area contributed by atoms with Crippen LogP contribution in [0.25, 0.3) is 0 Å². The quantitative estimate of drug-likeness (QED) is 0.0355. The molecule has 0 spiro atoms. The highest BCUT2D eigenvalue weighted by molar-refractivity contribution is 5.92. The van der Waals surface area contributed by atoms with E-state index in [9.17, 15) is 19.2 Å². The summed E-state index contributed by atoms with van der Waals surface area (Å²) >= 11 is 0. The molecule has 0 saturated heterocycles. The predicted molar refractivity (Wildman–Crippen MR) is 176 cm³/mol. The Kier molecular flexibility index (Phi) is 24.8. The number of carbonyl (C=O) groups is 4. The van der Waals surface area contributed by atoms with E-state index in [4.69, 9.17) is 28.7 Å². The molecule has 4 amide bonds. The fraction of sp³-hybridized carbons (Fsp3) is 0.800. The van der Waals surface area contributed by atoms with Crippen molar-refractivity contribution in [1.82, 2.24) is 16.0 Å². The second kappa shape index (κ2) is 27.0. The molecule has 0 heterocycles. The number of nitrogens with two attached hydrogens (primary N) is 5. The van der Waals surface area contributed by atoms with Crippen LogP contribution in [0.15, 0.2) is 9.98 Å². The molecule has 0 aromatic carbocycles. The normalized spacial score (nSPS) is 12.0. The summed E-state index contributed by atoms with van der Waals surface area (Å²) in [6.07, 6.45) is 17.4. The molecule has 0 fully saturated rings. The van der Waals surface area contributed by atoms with E-state index in [1.165, 1.54) is 64.2 Å². The third-order valence-corrected chi connectivity index (χ3v) is 7.16. The average molecular weight is 625 g/mol. The number of unbranched alkanes of at least 4 members (excludes halogenated alkanes) is 12. The number of hydrogen-bond donors (Lipinski definition) is 8. The monoisotopic (exact) mass is 624 g/mol. The molecule has 254 valence electrons. The number of guanidine groups is 2. The molecule has 0 aromatic rings. The Morgan fingerprint density at radius 3 is 1.48 bits per heavy atom. The van der Waals surface area contributed by atoms with E-state index < -0.39 is 29.8 Å². The van der Waals surface area contributed by atoms with Crippen molar-refractivity contribution in [2.75, 3.05) is 19.6 Å². The molecule has 0 saturated carbocycles. The van der Waals surface area contributed by atoms with Crippen LogP contribution in [-0.4, -0.2) is 67.3 Å². The highest BCUT2D eigenvalue weighted by Gasteiger charge is 2.25. The zero-order valence-corrected chi connectivity index (χ0v) is 26.9. The summed E-state index contributed by atoms with van der Waals surface area (Å²) in [4.78, 5) is 57.4. The lowest BCUT2D eigenvalue weighted by molar-refractivity contribution is -0.132. The third-order valence-electron chi connectivity index (χ3n) is 7.16. The third kappa shape index (κ3) is 25.0. The zero-order valence-electron chi connectivity index (χ0n) is 26.9. The highest BCUT2D eigenvalue weighted by Crippen LogP contribution is 2.13. The van der Waals surface area contributed by atoms with Crippen molar-refractivity contribution in [2.24, 2.45) is 38.7 Å². The van der Waals surface area contributed by atoms with Crippen LogP contribution in [0.3, 0.4) is 0 Å². The number of amides is 4. The van der Waals surface area contributed by atoms with E-state index >= 15 is 0 Å². The first kappa shape index (κ1) is 40.4. The van der Waals surface area contributed by atoms with E-state index in [1.54, 1.807) is 0 Å². The molecule has 0 radical (unpaired) electrons. The maximum Gasteiger partial charge on any atom is 0.243 e. The number of aliphatic imine (C=N–C) groups is 2. The molecular formula is C30H60N10O4. The Bertz CT molecular complexity index is 874. The van der Waals surface area contributed by atoms with Crippen molar-refractivity contribution in [3.63, 3.8) is 0 Å². The van der Waals surface area contributed by atoms with Gasteiger partial charge in [-0.1, -0.05) is 84.0 Å². The molecule has 14 heteroatoms. The minimum Gasteiger partial charge on any atom is -0.370 e. The molecule has 0 unspecified atom stereocenters. The topological polar surface area (TPSA) is 259 Å². The van der Waals surface area contributed by atoms with Gasteiger partial charge in [0.15, 0.2) is 11.9 Å². The largest absolute Gasteiger partial charge is 0.370 e. The number of primary amides is 1. The maximum atomic E-state index is 13.0. The zero-order chi connectivity index (χ0) is 33.0. The van der Waals surface area contributed by atoms with Crippen LogP contribution in [-0.2, 0) is 19.2 Å². The Morgan fingerprint density at radius 1 is 0.568 bits per heavy atom. The van der Waals surface area contributed by atoms with Gasteiger partial charge in [-0.25, -0.2) is 0 Å². The van der Waals surface area contributed by atoms with E-state index in [0.29, 0.717) is 19.3 Å². The molecule has 14 nitrogen and oxygen atoms in total. The molecule has 0 aliphatic heterocycles. The Labute approximate surface area is 263 Å². The molecule has 0 aliphatic rings. The first-order valence-electron chi connectivity index (χ1n) is 16.3. The van der Waals surface area contributed by atoms with Crippen LogP contribution in [0.4, 0.5) is 0 Å². The molecule has 0 rings (SSSR count). The standard InChI is InChI=1S/C30H60N10O4/c1-2-3-4-5-6-7-8-9-10-11-12-13-14-19-25(41)38-22-26(42)39-24(18-16-21-37-30(34)35)28(44)40-23(27(31)43)17-15-20-36-29(32)33/h23-24H,2-22H2,1H3,(H2,31,43)(H,38,41)(H,39,42)(H,40,44)(H4,32,33,36)(H4,34,35,37)/t23-,24-/m0/s1. The van der Waals surface area contributed by atoms with Gasteiger partial charge in [0.05, 0.1) is 6.54 Å². The van der Waals surface area contributed by atoms with Gasteiger partial charge in [0.25, 0.3) is 0 Å². The van der Waals surface area contributed by atoms with Crippen LogP contribution in [0.1, 0.15) is 122 Å². The smallest absolute Gasteiger partial charge is 0.243 e. The molecule has 0 aliphatic carbocycles. The van der Waals surface area contributed by atoms with Crippen LogP contribution >= 0.6 is 0 Å². The number of carbonyl (C=O) groups excluding carboxylic acids is 4. The summed E-state index contributed by atoms with van der Waals surface area (Å²) in [6, 6.07) is -1.97. The highest BCUT2D eigenvalue weighted by atomic mass is 16.2. The van der Waals surface area contributed by atoms with Crippen molar-refractivity contribution in [1.29, 1.82) is 0 Å². The fourth-order valence-corrected chi connectivity index (χ4v) is 4.65. The van der Waals surface area contributed by atoms with Gasteiger partial charge in [-0.05, 0) is 32.1 Å². The van der Waals surface area contributed by atoms with E-state index in [-0.39, 0.29) is 50.3 Å². The molecular weight excluding hydrogens is 564 g/mol. The van der Waals surface area contributed by atoms with Crippen molar-refractivity contribution < 1.29 is 19.2 Å². The van der Waals surface area contributed by atoms with Crippen LogP contribution in [0, 0.1) is 0 Å². The molecule has 2 atom stereocenters. The van der Waals surface area contributed by atoms with E-state index in [1.807, 2.05) is 0 Å². The number of rotatable bonds is 28. The lowest BCUT2D eigenvalue weighted by Gasteiger charge is -2.22. The van der Waals surface area contributed by atoms with Gasteiger partial charge in [0, 0.05) is 19.5 Å². The first-order chi connectivity index (χ1) is 21.1. The molecule has 0 aromatic heterocycles. The second-order valence-electron chi connectivity index (χ2n) is 11.3. The average Bonchev–Trinajstić information content (AvgIpc) is 2.97. The summed E-state index contributed by atoms with van der Waals surface area (Å²) in [5, 5.41) is 7.81. The summed E-state index contributed by atoms with van der Waals surface area (Å²) in [5.74, 6) is -2.23. The first-order valence-corrected chi connectivity index (χ1v) is 16.3. The Morgan fingerprint density at radius 2 is 1.02 bits per heavy atom. The van der Waals surface area contributed by atoms with Crippen molar-refractivity contribution in [3.8, 4) is 0 Å². The van der Waals surface area contributed by atoms with Gasteiger partial charge in [-0.15, -0.1) is 0 Å². The molecule has 0 bridgehead atoms. The number of hydrogen-bond acceptors (Lipinski definition) is 6. The van der Waals surface area contributed by atoms with Crippen molar-refractivity contribution in [2.45, 2.75) is 135 Å². The predicted octanol–water partition coefficient (Wildman–Crippen LogP) is 1.15. The van der Waals surface area contributed by atoms with Gasteiger partial charge in [-0.2, -0.15) is 0 Å². The molecule has 13 N–H and O–H groups in total. The van der Waals surface area contributed by atoms with Crippen LogP contribution in [0.5, 0.6) is 0 Å².